The van der Waals surface area contributed by atoms with Gasteiger partial charge in [-0.15, -0.1) is 0 Å². The molecule has 1 saturated heterocycles. The van der Waals surface area contributed by atoms with Gasteiger partial charge in [-0.2, -0.15) is 5.10 Å². The van der Waals surface area contributed by atoms with Crippen molar-refractivity contribution in [3.05, 3.63) is 60.7 Å². The molecule has 4 aromatic rings. The lowest BCUT2D eigenvalue weighted by Crippen LogP contribution is -2.37. The average Bonchev–Trinajstić information content (AvgIpc) is 3.09. The number of benzene rings is 1. The molecule has 1 fully saturated rings. The zero-order chi connectivity index (χ0) is 18.4. The van der Waals surface area contributed by atoms with E-state index in [2.05, 4.69) is 25.1 Å². The Morgan fingerprint density at radius 1 is 0.963 bits per heavy atom. The number of nitrogens with zero attached hydrogens (tertiary/aromatic N) is 4. The van der Waals surface area contributed by atoms with Crippen LogP contribution in [0.15, 0.2) is 49.1 Å². The molecule has 0 bridgehead atoms. The zero-order valence-corrected chi connectivity index (χ0v) is 14.3. The lowest BCUT2D eigenvalue weighted by atomic mass is 9.93. The van der Waals surface area contributed by atoms with Crippen LogP contribution in [0.4, 0.5) is 14.5 Å². The second kappa shape index (κ2) is 6.12. The molecule has 5 rings (SSSR count). The molecule has 1 N–H and O–H groups in total. The number of hydrogen-bond acceptors (Lipinski definition) is 4. The van der Waals surface area contributed by atoms with Gasteiger partial charge in [-0.05, 0) is 24.6 Å². The number of H-pyrrole nitrogens is 1. The molecule has 1 aliphatic rings. The Morgan fingerprint density at radius 2 is 1.85 bits per heavy atom. The highest BCUT2D eigenvalue weighted by molar-refractivity contribution is 6.03. The molecule has 4 heterocycles. The maximum atomic E-state index is 14.6. The highest BCUT2D eigenvalue weighted by atomic mass is 19.1. The van der Waals surface area contributed by atoms with Crippen LogP contribution in [0.1, 0.15) is 6.42 Å². The molecule has 0 aliphatic carbocycles. The number of fused-ring (bicyclic) bond motifs is 1. The van der Waals surface area contributed by atoms with E-state index in [4.69, 9.17) is 0 Å². The van der Waals surface area contributed by atoms with Gasteiger partial charge in [-0.1, -0.05) is 0 Å². The molecule has 27 heavy (non-hydrogen) atoms. The van der Waals surface area contributed by atoms with E-state index in [1.54, 1.807) is 24.8 Å². The molecular weight excluding hydrogens is 348 g/mol. The van der Waals surface area contributed by atoms with E-state index in [9.17, 15) is 8.78 Å². The second-order valence-corrected chi connectivity index (χ2v) is 6.54. The Hall–Kier alpha value is -3.35. The summed E-state index contributed by atoms with van der Waals surface area (Å²) >= 11 is 0. The summed E-state index contributed by atoms with van der Waals surface area (Å²) in [6.07, 6.45) is 7.94. The molecule has 0 radical (unpaired) electrons. The van der Waals surface area contributed by atoms with Gasteiger partial charge in [0.05, 0.1) is 6.20 Å². The molecule has 1 aliphatic heterocycles. The predicted molar refractivity (Wildman–Crippen MR) is 99.3 cm³/mol. The third kappa shape index (κ3) is 2.54. The summed E-state index contributed by atoms with van der Waals surface area (Å²) in [7, 11) is 0. The molecule has 0 atom stereocenters. The average molecular weight is 363 g/mol. The molecule has 0 saturated carbocycles. The standard InChI is InChI=1S/C20H15F2N5/c21-12-2-3-13(17(22)8-12)14-10-24-20-16(11-25-26-20)19(14)15-9-23-5-4-18(15)27-6-1-7-27/h2-5,8-11H,1,6-7H2,(H,24,25,26). The molecule has 134 valence electrons. The number of aromatic amines is 1. The maximum absolute atomic E-state index is 14.6. The van der Waals surface area contributed by atoms with E-state index < -0.39 is 11.6 Å². The smallest absolute Gasteiger partial charge is 0.155 e. The Kier molecular flexibility index (Phi) is 3.60. The molecule has 3 aromatic heterocycles. The fourth-order valence-electron chi connectivity index (χ4n) is 3.51. The van der Waals surface area contributed by atoms with Crippen molar-refractivity contribution < 1.29 is 8.78 Å². The van der Waals surface area contributed by atoms with E-state index in [1.807, 2.05) is 6.07 Å². The predicted octanol–water partition coefficient (Wildman–Crippen LogP) is 4.18. The van der Waals surface area contributed by atoms with Crippen molar-refractivity contribution in [2.75, 3.05) is 18.0 Å². The van der Waals surface area contributed by atoms with E-state index in [0.717, 1.165) is 47.8 Å². The molecular formula is C20H15F2N5. The number of nitrogens with one attached hydrogen (secondary N) is 1. The molecule has 1 aromatic carbocycles. The molecule has 7 heteroatoms. The summed E-state index contributed by atoms with van der Waals surface area (Å²) in [5.41, 5.74) is 4.18. The molecule has 0 unspecified atom stereocenters. The van der Waals surface area contributed by atoms with E-state index in [-0.39, 0.29) is 0 Å². The van der Waals surface area contributed by atoms with Crippen molar-refractivity contribution in [3.63, 3.8) is 0 Å². The summed E-state index contributed by atoms with van der Waals surface area (Å²) in [5.74, 6) is -1.24. The first-order valence-corrected chi connectivity index (χ1v) is 8.69. The van der Waals surface area contributed by atoms with Crippen LogP contribution in [0.3, 0.4) is 0 Å². The number of rotatable bonds is 3. The van der Waals surface area contributed by atoms with Crippen LogP contribution in [-0.2, 0) is 0 Å². The van der Waals surface area contributed by atoms with Gasteiger partial charge in [0.2, 0.25) is 0 Å². The van der Waals surface area contributed by atoms with Crippen LogP contribution in [0.25, 0.3) is 33.3 Å². The van der Waals surface area contributed by atoms with Gasteiger partial charge >= 0.3 is 0 Å². The van der Waals surface area contributed by atoms with Crippen LogP contribution in [0.2, 0.25) is 0 Å². The number of hydrogen-bond donors (Lipinski definition) is 1. The van der Waals surface area contributed by atoms with Gasteiger partial charge in [0.1, 0.15) is 11.6 Å². The Morgan fingerprint density at radius 3 is 2.63 bits per heavy atom. The normalized spacial score (nSPS) is 13.8. The van der Waals surface area contributed by atoms with Crippen molar-refractivity contribution in [2.24, 2.45) is 0 Å². The van der Waals surface area contributed by atoms with Crippen molar-refractivity contribution in [1.82, 2.24) is 20.2 Å². The van der Waals surface area contributed by atoms with Crippen LogP contribution >= 0.6 is 0 Å². The fourth-order valence-corrected chi connectivity index (χ4v) is 3.51. The minimum absolute atomic E-state index is 0.292. The number of aromatic nitrogens is 4. The molecule has 0 spiro atoms. The SMILES string of the molecule is Fc1ccc(-c2cnc3[nH]ncc3c2-c2cnccc2N2CCC2)c(F)c1. The van der Waals surface area contributed by atoms with Crippen molar-refractivity contribution in [3.8, 4) is 22.3 Å². The van der Waals surface area contributed by atoms with Gasteiger partial charge in [0.25, 0.3) is 0 Å². The third-order valence-electron chi connectivity index (χ3n) is 4.97. The Balaban J connectivity index is 1.82. The van der Waals surface area contributed by atoms with Gasteiger partial charge in [-0.3, -0.25) is 10.1 Å². The quantitative estimate of drug-likeness (QED) is 0.593. The third-order valence-corrected chi connectivity index (χ3v) is 4.97. The number of pyridine rings is 2. The lowest BCUT2D eigenvalue weighted by Gasteiger charge is -2.35. The van der Waals surface area contributed by atoms with E-state index >= 15 is 0 Å². The number of anilines is 1. The fraction of sp³-hybridized carbons (Fsp3) is 0.150. The van der Waals surface area contributed by atoms with Crippen molar-refractivity contribution >= 4 is 16.7 Å². The first-order valence-electron chi connectivity index (χ1n) is 8.69. The monoisotopic (exact) mass is 363 g/mol. The largest absolute Gasteiger partial charge is 0.371 e. The summed E-state index contributed by atoms with van der Waals surface area (Å²) < 4.78 is 28.0. The first kappa shape index (κ1) is 15.9. The van der Waals surface area contributed by atoms with Crippen molar-refractivity contribution in [2.45, 2.75) is 6.42 Å². The van der Waals surface area contributed by atoms with Crippen LogP contribution in [-0.4, -0.2) is 33.3 Å². The summed E-state index contributed by atoms with van der Waals surface area (Å²) in [4.78, 5) is 10.9. The zero-order valence-electron chi connectivity index (χ0n) is 14.3. The van der Waals surface area contributed by atoms with Gasteiger partial charge in [0, 0.05) is 71.1 Å². The van der Waals surface area contributed by atoms with Crippen LogP contribution in [0.5, 0.6) is 0 Å². The van der Waals surface area contributed by atoms with Crippen molar-refractivity contribution in [1.29, 1.82) is 0 Å². The maximum Gasteiger partial charge on any atom is 0.155 e. The van der Waals surface area contributed by atoms with E-state index in [1.165, 1.54) is 12.1 Å². The van der Waals surface area contributed by atoms with Gasteiger partial charge in [0.15, 0.2) is 5.65 Å². The Labute approximate surface area is 153 Å². The molecule has 5 nitrogen and oxygen atoms in total. The summed E-state index contributed by atoms with van der Waals surface area (Å²) in [6, 6.07) is 5.54. The minimum Gasteiger partial charge on any atom is -0.371 e. The molecule has 0 amide bonds. The van der Waals surface area contributed by atoms with Crippen LogP contribution < -0.4 is 4.90 Å². The number of halogens is 2. The summed E-state index contributed by atoms with van der Waals surface area (Å²) in [5, 5.41) is 7.72. The second-order valence-electron chi connectivity index (χ2n) is 6.54. The first-order chi connectivity index (χ1) is 13.2. The summed E-state index contributed by atoms with van der Waals surface area (Å²) in [6.45, 7) is 1.94. The highest BCUT2D eigenvalue weighted by Gasteiger charge is 2.23. The Bertz CT molecular complexity index is 1150. The topological polar surface area (TPSA) is 57.7 Å². The van der Waals surface area contributed by atoms with Crippen LogP contribution in [0, 0.1) is 11.6 Å². The minimum atomic E-state index is -0.629. The highest BCUT2D eigenvalue weighted by Crippen LogP contribution is 2.42. The lowest BCUT2D eigenvalue weighted by molar-refractivity contribution is 0.585. The van der Waals surface area contributed by atoms with E-state index in [0.29, 0.717) is 16.8 Å². The van der Waals surface area contributed by atoms with Gasteiger partial charge < -0.3 is 4.90 Å². The van der Waals surface area contributed by atoms with Gasteiger partial charge in [-0.25, -0.2) is 13.8 Å².